The van der Waals surface area contributed by atoms with Crippen molar-refractivity contribution < 1.29 is 61.5 Å². The summed E-state index contributed by atoms with van der Waals surface area (Å²) in [6.45, 7) is 8.45. The van der Waals surface area contributed by atoms with E-state index in [1.165, 1.54) is 24.3 Å². The number of hydrogen-bond acceptors (Lipinski definition) is 10. The van der Waals surface area contributed by atoms with Gasteiger partial charge in [0.05, 0.1) is 46.9 Å². The minimum atomic E-state index is -1.39. The number of carbonyl (C=O) groups excluding carboxylic acids is 4. The molecule has 84 heavy (non-hydrogen) atoms. The van der Waals surface area contributed by atoms with Crippen LogP contribution in [0.4, 0.5) is 20.2 Å². The molecule has 6 N–H and O–H groups in total. The summed E-state index contributed by atoms with van der Waals surface area (Å²) in [5.74, 6) is -4.41. The first-order chi connectivity index (χ1) is 39.3. The third-order valence-corrected chi connectivity index (χ3v) is 13.8. The molecule has 0 aliphatic carbocycles. The third kappa shape index (κ3) is 18.6. The molecule has 6 aromatic carbocycles. The zero-order valence-corrected chi connectivity index (χ0v) is 53.3. The van der Waals surface area contributed by atoms with Crippen LogP contribution in [0.2, 0.25) is 0 Å². The Morgan fingerprint density at radius 1 is 0.464 bits per heavy atom. The Morgan fingerprint density at radius 2 is 0.762 bits per heavy atom. The van der Waals surface area contributed by atoms with Gasteiger partial charge in [-0.1, -0.05) is 125 Å². The summed E-state index contributed by atoms with van der Waals surface area (Å²) in [5.41, 5.74) is 9.43. The monoisotopic (exact) mass is 1240 g/mol. The summed E-state index contributed by atoms with van der Waals surface area (Å²) >= 11 is 0. The van der Waals surface area contributed by atoms with Crippen molar-refractivity contribution in [2.75, 3.05) is 10.6 Å². The Kier molecular flexibility index (Phi) is 27.3. The fraction of sp³-hybridized carbons (Fsp3) is 0.273. The summed E-state index contributed by atoms with van der Waals surface area (Å²) < 4.78 is 32.0. The summed E-state index contributed by atoms with van der Waals surface area (Å²) in [5, 5.41) is 69.2. The molecule has 0 bridgehead atoms. The number of amides is 2. The van der Waals surface area contributed by atoms with Crippen LogP contribution in [0.3, 0.4) is 0 Å². The SMILES string of the molecule is CC(C)c1c(C(=O)Nc2ccccc2)c(-c2ccccc2)c(-c2ccc(F)cc2)n1CC[C@@H](O)C[C@@H](O)CC(=O)[O-].CC(C)c1c(C(=O)Nc2ccccc2)c(-c2ccccc2)c(-c2ccc(F)cc2)n1CC[C@@H](O)C[C@@H](O)CC(=O)[O-].[Ca+2].[H-].[H-].[Sr+2]. The standard InChI is InChI=1S/2C33H35FN2O5.Ca.Sr.2H/c2*1-21(2)31-30(33(41)35-25-11-7-4-8-12-25)29(22-9-5-3-6-10-22)32(23-13-15-24(34)16-14-23)36(31)18-17-26(37)19-27(38)20-28(39)40;;;;/h2*3-16,21,26-27,37-38H,17-20H2,1-2H3,(H,35,41)(H,39,40);;;;/q;;2*+2;2*-1/p-2/t2*26-,27-;;;;/m11..../s1. The largest absolute Gasteiger partial charge is 2.00 e. The van der Waals surface area contributed by atoms with E-state index in [4.69, 9.17) is 0 Å². The van der Waals surface area contributed by atoms with Crippen molar-refractivity contribution in [3.63, 3.8) is 0 Å². The number of halogens is 2. The number of anilines is 2. The third-order valence-electron chi connectivity index (χ3n) is 13.8. The average Bonchev–Trinajstić information content (AvgIpc) is 1.82. The van der Waals surface area contributed by atoms with E-state index in [1.54, 1.807) is 48.5 Å². The van der Waals surface area contributed by atoms with Gasteiger partial charge in [0.2, 0.25) is 0 Å². The molecule has 0 saturated carbocycles. The Bertz CT molecular complexity index is 3190. The molecule has 432 valence electrons. The number of carbonyl (C=O) groups is 4. The molecule has 8 rings (SSSR count). The zero-order chi connectivity index (χ0) is 59.0. The van der Waals surface area contributed by atoms with Crippen molar-refractivity contribution in [1.29, 1.82) is 0 Å². The van der Waals surface area contributed by atoms with Gasteiger partial charge in [-0.3, -0.25) is 9.59 Å². The second-order valence-electron chi connectivity index (χ2n) is 20.8. The average molecular weight is 1240 g/mol. The fourth-order valence-electron chi connectivity index (χ4n) is 10.4. The first-order valence-corrected chi connectivity index (χ1v) is 27.3. The van der Waals surface area contributed by atoms with E-state index in [1.807, 2.05) is 134 Å². The molecule has 14 nitrogen and oxygen atoms in total. The molecule has 2 aromatic heterocycles. The van der Waals surface area contributed by atoms with Crippen LogP contribution in [0, 0.1) is 11.6 Å². The molecule has 0 spiro atoms. The van der Waals surface area contributed by atoms with Crippen LogP contribution in [0.25, 0.3) is 44.8 Å². The van der Waals surface area contributed by atoms with Gasteiger partial charge in [0.25, 0.3) is 11.8 Å². The van der Waals surface area contributed by atoms with E-state index in [0.717, 1.165) is 22.5 Å². The van der Waals surface area contributed by atoms with Gasteiger partial charge in [0.15, 0.2) is 0 Å². The van der Waals surface area contributed by atoms with E-state index in [2.05, 4.69) is 10.6 Å². The van der Waals surface area contributed by atoms with Gasteiger partial charge in [-0.05, 0) is 133 Å². The number of benzene rings is 6. The molecule has 0 aliphatic rings. The minimum Gasteiger partial charge on any atom is -1.00 e. The summed E-state index contributed by atoms with van der Waals surface area (Å²) in [7, 11) is 0. The molecule has 0 fully saturated rings. The van der Waals surface area contributed by atoms with Crippen LogP contribution in [-0.4, -0.2) is 161 Å². The van der Waals surface area contributed by atoms with Crippen molar-refractivity contribution in [3.05, 3.63) is 204 Å². The number of nitrogens with one attached hydrogen (secondary N) is 2. The second-order valence-corrected chi connectivity index (χ2v) is 20.8. The molecule has 4 atom stereocenters. The van der Waals surface area contributed by atoms with Crippen LogP contribution in [0.15, 0.2) is 170 Å². The molecule has 0 aliphatic heterocycles. The fourth-order valence-corrected chi connectivity index (χ4v) is 10.4. The van der Waals surface area contributed by atoms with E-state index in [-0.39, 0.29) is 148 Å². The van der Waals surface area contributed by atoms with Crippen molar-refractivity contribution in [2.24, 2.45) is 0 Å². The Labute approximate surface area is 558 Å². The van der Waals surface area contributed by atoms with Gasteiger partial charge in [-0.15, -0.1) is 0 Å². The number of nitrogens with zero attached hydrogens (tertiary/aromatic N) is 2. The number of aliphatic hydroxyl groups excluding tert-OH is 4. The van der Waals surface area contributed by atoms with Gasteiger partial charge in [-0.2, -0.15) is 0 Å². The smallest absolute Gasteiger partial charge is 1.00 e. The molecule has 0 saturated heterocycles. The predicted octanol–water partition coefficient (Wildman–Crippen LogP) is 9.42. The zero-order valence-electron chi connectivity index (χ0n) is 49.6. The molecular formula is C66H70CaF2N4O10Sr. The van der Waals surface area contributed by atoms with Gasteiger partial charge in [-0.25, -0.2) is 8.78 Å². The Morgan fingerprint density at radius 3 is 1.05 bits per heavy atom. The number of carboxylic acids is 2. The number of hydrogen-bond donors (Lipinski definition) is 6. The molecular weight excluding hydrogens is 1170 g/mol. The van der Waals surface area contributed by atoms with Crippen molar-refractivity contribution in [1.82, 2.24) is 9.13 Å². The quantitative estimate of drug-likeness (QED) is 0.0314. The number of para-hydroxylation sites is 2. The van der Waals surface area contributed by atoms with E-state index in [0.29, 0.717) is 56.1 Å². The van der Waals surface area contributed by atoms with Crippen molar-refractivity contribution in [3.8, 4) is 44.8 Å². The first kappa shape index (κ1) is 69.0. The minimum absolute atomic E-state index is 0. The normalized spacial score (nSPS) is 12.4. The summed E-state index contributed by atoms with van der Waals surface area (Å²) in [4.78, 5) is 49.8. The molecule has 8 aromatic rings. The van der Waals surface area contributed by atoms with E-state index >= 15 is 0 Å². The second kappa shape index (κ2) is 33.2. The van der Waals surface area contributed by atoms with Crippen LogP contribution in [0.5, 0.6) is 0 Å². The van der Waals surface area contributed by atoms with Crippen LogP contribution >= 0.6 is 0 Å². The number of aromatic nitrogens is 2. The molecule has 0 radical (unpaired) electrons. The number of rotatable bonds is 24. The van der Waals surface area contributed by atoms with Gasteiger partial charge < -0.3 is 62.8 Å². The molecule has 2 heterocycles. The van der Waals surface area contributed by atoms with Crippen LogP contribution in [-0.2, 0) is 22.7 Å². The predicted molar refractivity (Wildman–Crippen MR) is 323 cm³/mol. The van der Waals surface area contributed by atoms with E-state index < -0.39 is 60.8 Å². The summed E-state index contributed by atoms with van der Waals surface area (Å²) in [6.07, 6.45) is -5.54. The van der Waals surface area contributed by atoms with Gasteiger partial charge in [0, 0.05) is 71.8 Å². The Hall–Kier alpha value is -5.80. The number of carboxylic acid groups (broad SMARTS) is 2. The van der Waals surface area contributed by atoms with Gasteiger partial charge >= 0.3 is 83.2 Å². The Balaban J connectivity index is 0.000000430. The van der Waals surface area contributed by atoms with Crippen molar-refractivity contribution >= 4 is 118 Å². The maximum atomic E-state index is 14.0. The van der Waals surface area contributed by atoms with Crippen molar-refractivity contribution in [2.45, 2.75) is 116 Å². The number of aliphatic carboxylic acids is 2. The van der Waals surface area contributed by atoms with Crippen LogP contribution < -0.4 is 20.8 Å². The van der Waals surface area contributed by atoms with Gasteiger partial charge in [0.1, 0.15) is 11.6 Å². The topological polar surface area (TPSA) is 229 Å². The maximum absolute atomic E-state index is 14.0. The maximum Gasteiger partial charge on any atom is 2.00 e. The van der Waals surface area contributed by atoms with E-state index in [9.17, 15) is 58.6 Å². The van der Waals surface area contributed by atoms with Crippen LogP contribution in [0.1, 0.15) is 113 Å². The first-order valence-electron chi connectivity index (χ1n) is 27.3. The number of aliphatic hydroxyl groups is 4. The molecule has 18 heteroatoms. The summed E-state index contributed by atoms with van der Waals surface area (Å²) in [6, 6.07) is 49.4. The molecule has 0 unspecified atom stereocenters. The molecule has 2 amide bonds.